The molecular formula is C26H37ClN4O2. The maximum absolute atomic E-state index is 12.3. The lowest BCUT2D eigenvalue weighted by atomic mass is 9.91. The molecule has 1 aliphatic heterocycles. The predicted octanol–water partition coefficient (Wildman–Crippen LogP) is 4.50. The van der Waals surface area contributed by atoms with E-state index in [1.807, 2.05) is 0 Å². The van der Waals surface area contributed by atoms with Crippen molar-refractivity contribution < 1.29 is 9.53 Å². The van der Waals surface area contributed by atoms with Crippen LogP contribution in [0, 0.1) is 19.8 Å². The summed E-state index contributed by atoms with van der Waals surface area (Å²) < 4.78 is 6.07. The van der Waals surface area contributed by atoms with Gasteiger partial charge in [0.15, 0.2) is 0 Å². The third-order valence-electron chi connectivity index (χ3n) is 6.57. The van der Waals surface area contributed by atoms with Crippen molar-refractivity contribution in [2.75, 3.05) is 46.9 Å². The second kappa shape index (κ2) is 11.8. The van der Waals surface area contributed by atoms with E-state index in [1.165, 1.54) is 16.7 Å². The molecule has 1 unspecified atom stereocenters. The van der Waals surface area contributed by atoms with Crippen molar-refractivity contribution in [2.45, 2.75) is 39.7 Å². The smallest absolute Gasteiger partial charge is 0.254 e. The number of nitrogens with zero attached hydrogens (tertiary/aromatic N) is 3. The Morgan fingerprint density at radius 2 is 2.00 bits per heavy atom. The highest BCUT2D eigenvalue weighted by Gasteiger charge is 2.32. The number of carbonyl (C=O) groups is 1. The second-order valence-electron chi connectivity index (χ2n) is 9.31. The van der Waals surface area contributed by atoms with Crippen LogP contribution >= 0.6 is 11.6 Å². The highest BCUT2D eigenvalue weighted by atomic mass is 35.5. The summed E-state index contributed by atoms with van der Waals surface area (Å²) in [5.41, 5.74) is 4.30. The van der Waals surface area contributed by atoms with Gasteiger partial charge in [-0.3, -0.25) is 9.69 Å². The van der Waals surface area contributed by atoms with Crippen molar-refractivity contribution in [3.05, 3.63) is 57.9 Å². The highest BCUT2D eigenvalue weighted by Crippen LogP contribution is 2.34. The Morgan fingerprint density at radius 1 is 1.24 bits per heavy atom. The minimum absolute atomic E-state index is 0.164. The first-order valence-corrected chi connectivity index (χ1v) is 12.2. The number of rotatable bonds is 11. The van der Waals surface area contributed by atoms with Crippen molar-refractivity contribution in [2.24, 2.45) is 5.92 Å². The van der Waals surface area contributed by atoms with Crippen LogP contribution < -0.4 is 10.1 Å². The zero-order chi connectivity index (χ0) is 24.0. The molecule has 180 valence electrons. The van der Waals surface area contributed by atoms with Gasteiger partial charge in [-0.2, -0.15) is 0 Å². The number of aromatic nitrogens is 1. The van der Waals surface area contributed by atoms with Gasteiger partial charge in [-0.1, -0.05) is 17.7 Å². The molecule has 0 aliphatic carbocycles. The number of amides is 1. The molecule has 1 N–H and O–H groups in total. The van der Waals surface area contributed by atoms with Crippen molar-refractivity contribution >= 4 is 17.5 Å². The number of hydrogen-bond donors (Lipinski definition) is 1. The summed E-state index contributed by atoms with van der Waals surface area (Å²) in [7, 11) is 4.20. The van der Waals surface area contributed by atoms with E-state index in [-0.39, 0.29) is 11.1 Å². The molecule has 33 heavy (non-hydrogen) atoms. The van der Waals surface area contributed by atoms with Gasteiger partial charge in [0.05, 0.1) is 12.2 Å². The van der Waals surface area contributed by atoms with Crippen LogP contribution in [0.3, 0.4) is 0 Å². The number of halogens is 1. The van der Waals surface area contributed by atoms with E-state index in [0.717, 1.165) is 44.8 Å². The van der Waals surface area contributed by atoms with Crippen LogP contribution in [0.4, 0.5) is 0 Å². The number of likely N-dealkylation sites (tertiary alicyclic amines) is 1. The molecule has 3 rings (SSSR count). The molecule has 1 amide bonds. The molecule has 6 nitrogen and oxygen atoms in total. The van der Waals surface area contributed by atoms with Gasteiger partial charge in [0.2, 0.25) is 0 Å². The van der Waals surface area contributed by atoms with Crippen LogP contribution in [0.25, 0.3) is 0 Å². The first-order chi connectivity index (χ1) is 15.8. The Hall–Kier alpha value is -2.15. The average molecular weight is 473 g/mol. The molecule has 0 radical (unpaired) electrons. The summed E-state index contributed by atoms with van der Waals surface area (Å²) in [4.78, 5) is 21.0. The number of carbonyl (C=O) groups excluding carboxylic acids is 1. The third-order valence-corrected chi connectivity index (χ3v) is 6.88. The summed E-state index contributed by atoms with van der Waals surface area (Å²) in [6.45, 7) is 11.0. The Labute approximate surface area is 203 Å². The molecule has 7 heteroatoms. The van der Waals surface area contributed by atoms with Gasteiger partial charge in [0, 0.05) is 37.8 Å². The van der Waals surface area contributed by atoms with Gasteiger partial charge < -0.3 is 15.0 Å². The van der Waals surface area contributed by atoms with Crippen LogP contribution in [0.15, 0.2) is 30.5 Å². The van der Waals surface area contributed by atoms with Gasteiger partial charge in [-0.05, 0) is 89.1 Å². The number of ether oxygens (including phenoxy) is 1. The molecule has 1 aromatic carbocycles. The Kier molecular flexibility index (Phi) is 9.12. The van der Waals surface area contributed by atoms with E-state index in [0.29, 0.717) is 24.1 Å². The Morgan fingerprint density at radius 3 is 2.70 bits per heavy atom. The van der Waals surface area contributed by atoms with Crippen LogP contribution in [0.1, 0.15) is 52.9 Å². The Bertz CT molecular complexity index is 944. The van der Waals surface area contributed by atoms with Crippen LogP contribution in [-0.2, 0) is 0 Å². The fourth-order valence-electron chi connectivity index (χ4n) is 4.28. The normalized spacial score (nSPS) is 15.4. The number of hydrogen-bond acceptors (Lipinski definition) is 5. The van der Waals surface area contributed by atoms with E-state index < -0.39 is 0 Å². The van der Waals surface area contributed by atoms with Gasteiger partial charge in [-0.25, -0.2) is 4.98 Å². The minimum atomic E-state index is -0.164. The number of benzene rings is 1. The lowest BCUT2D eigenvalue weighted by Crippen LogP contribution is -2.52. The van der Waals surface area contributed by atoms with Gasteiger partial charge in [0.25, 0.3) is 5.91 Å². The topological polar surface area (TPSA) is 57.7 Å². The molecule has 2 aromatic rings. The molecule has 1 fully saturated rings. The van der Waals surface area contributed by atoms with E-state index in [2.05, 4.69) is 67.1 Å². The van der Waals surface area contributed by atoms with Gasteiger partial charge >= 0.3 is 0 Å². The summed E-state index contributed by atoms with van der Waals surface area (Å²) in [5.74, 6) is 1.27. The van der Waals surface area contributed by atoms with E-state index >= 15 is 0 Å². The quantitative estimate of drug-likeness (QED) is 0.385. The monoisotopic (exact) mass is 472 g/mol. The zero-order valence-electron chi connectivity index (χ0n) is 20.5. The van der Waals surface area contributed by atoms with E-state index in [9.17, 15) is 4.79 Å². The molecular weight excluding hydrogens is 436 g/mol. The second-order valence-corrected chi connectivity index (χ2v) is 9.67. The summed E-state index contributed by atoms with van der Waals surface area (Å²) in [5, 5.41) is 3.24. The molecule has 0 spiro atoms. The fraction of sp³-hybridized carbons (Fsp3) is 0.538. The lowest BCUT2D eigenvalue weighted by Gasteiger charge is -2.44. The molecule has 1 aromatic heterocycles. The fourth-order valence-corrected chi connectivity index (χ4v) is 4.48. The molecule has 1 saturated heterocycles. The van der Waals surface area contributed by atoms with Crippen LogP contribution in [-0.4, -0.2) is 67.6 Å². The predicted molar refractivity (Wildman–Crippen MR) is 134 cm³/mol. The standard InChI is InChI=1S/C26H37ClN4O2/c1-18-19(2)24(33-14-7-6-13-30(4)5)11-10-22(18)20(3)31-16-21(17-31)15-29-26(32)23-9-8-12-28-25(23)27/h8-12,20-21H,6-7,13-17H2,1-5H3,(H,29,32). The maximum atomic E-state index is 12.3. The zero-order valence-corrected chi connectivity index (χ0v) is 21.3. The first-order valence-electron chi connectivity index (χ1n) is 11.8. The van der Waals surface area contributed by atoms with Gasteiger partial charge in [0.1, 0.15) is 10.9 Å². The summed E-state index contributed by atoms with van der Waals surface area (Å²) >= 11 is 6.02. The van der Waals surface area contributed by atoms with E-state index in [1.54, 1.807) is 18.3 Å². The summed E-state index contributed by atoms with van der Waals surface area (Å²) in [6.07, 6.45) is 3.79. The highest BCUT2D eigenvalue weighted by molar-refractivity contribution is 6.32. The van der Waals surface area contributed by atoms with Crippen LogP contribution in [0.5, 0.6) is 5.75 Å². The Balaban J connectivity index is 1.46. The van der Waals surface area contributed by atoms with Crippen molar-refractivity contribution in [3.8, 4) is 5.75 Å². The summed E-state index contributed by atoms with van der Waals surface area (Å²) in [6, 6.07) is 8.08. The molecule has 1 aliphatic rings. The third kappa shape index (κ3) is 6.69. The lowest BCUT2D eigenvalue weighted by molar-refractivity contribution is 0.0569. The maximum Gasteiger partial charge on any atom is 0.254 e. The molecule has 0 bridgehead atoms. The first kappa shape index (κ1) is 25.5. The number of unbranched alkanes of at least 4 members (excludes halogenated alkanes) is 1. The molecule has 1 atom stereocenters. The van der Waals surface area contributed by atoms with Crippen molar-refractivity contribution in [3.63, 3.8) is 0 Å². The van der Waals surface area contributed by atoms with Gasteiger partial charge in [-0.15, -0.1) is 0 Å². The van der Waals surface area contributed by atoms with Crippen molar-refractivity contribution in [1.29, 1.82) is 0 Å². The minimum Gasteiger partial charge on any atom is -0.493 e. The largest absolute Gasteiger partial charge is 0.493 e. The van der Waals surface area contributed by atoms with Crippen molar-refractivity contribution in [1.82, 2.24) is 20.1 Å². The number of pyridine rings is 1. The SMILES string of the molecule is Cc1c(OCCCCN(C)C)ccc(C(C)N2CC(CNC(=O)c3cccnc3Cl)C2)c1C. The number of nitrogens with one attached hydrogen (secondary N) is 1. The van der Waals surface area contributed by atoms with E-state index in [4.69, 9.17) is 16.3 Å². The molecule has 2 heterocycles. The molecule has 0 saturated carbocycles. The van der Waals surface area contributed by atoms with Crippen LogP contribution in [0.2, 0.25) is 5.15 Å². The average Bonchev–Trinajstić information content (AvgIpc) is 2.75.